The van der Waals surface area contributed by atoms with Crippen molar-refractivity contribution >= 4 is 6.01 Å². The van der Waals surface area contributed by atoms with Crippen LogP contribution in [0.2, 0.25) is 0 Å². The van der Waals surface area contributed by atoms with Gasteiger partial charge in [0.2, 0.25) is 0 Å². The number of rotatable bonds is 2. The molecule has 1 unspecified atom stereocenters. The standard InChI is InChI=1S/C9H16N4O/c1-6(2)8-11-9(14-12-8)13-4-3-7(10)5-13/h6-7H,3-5,10H2,1-2H3. The average molecular weight is 196 g/mol. The minimum absolute atomic E-state index is 0.240. The van der Waals surface area contributed by atoms with Gasteiger partial charge >= 0.3 is 6.01 Å². The summed E-state index contributed by atoms with van der Waals surface area (Å²) >= 11 is 0. The van der Waals surface area contributed by atoms with Gasteiger partial charge < -0.3 is 15.2 Å². The summed E-state index contributed by atoms with van der Waals surface area (Å²) < 4.78 is 5.17. The van der Waals surface area contributed by atoms with Gasteiger partial charge in [-0.3, -0.25) is 0 Å². The highest BCUT2D eigenvalue weighted by atomic mass is 16.5. The van der Waals surface area contributed by atoms with Crippen LogP contribution in [0.3, 0.4) is 0 Å². The van der Waals surface area contributed by atoms with E-state index >= 15 is 0 Å². The lowest BCUT2D eigenvalue weighted by Crippen LogP contribution is -2.26. The third-order valence-electron chi connectivity index (χ3n) is 2.44. The van der Waals surface area contributed by atoms with E-state index < -0.39 is 0 Å². The van der Waals surface area contributed by atoms with Crippen molar-refractivity contribution in [2.45, 2.75) is 32.2 Å². The minimum atomic E-state index is 0.240. The number of hydrogen-bond donors (Lipinski definition) is 1. The highest BCUT2D eigenvalue weighted by Crippen LogP contribution is 2.19. The van der Waals surface area contributed by atoms with E-state index in [1.54, 1.807) is 0 Å². The number of nitrogens with zero attached hydrogens (tertiary/aromatic N) is 3. The Bertz CT molecular complexity index is 310. The monoisotopic (exact) mass is 196 g/mol. The fraction of sp³-hybridized carbons (Fsp3) is 0.778. The molecule has 14 heavy (non-hydrogen) atoms. The number of hydrogen-bond acceptors (Lipinski definition) is 5. The molecule has 5 heteroatoms. The zero-order valence-electron chi connectivity index (χ0n) is 8.60. The molecule has 1 aromatic heterocycles. The van der Waals surface area contributed by atoms with Gasteiger partial charge in [0.15, 0.2) is 5.82 Å². The summed E-state index contributed by atoms with van der Waals surface area (Å²) in [6.45, 7) is 5.83. The summed E-state index contributed by atoms with van der Waals surface area (Å²) in [5.74, 6) is 1.07. The molecule has 1 saturated heterocycles. The normalized spacial score (nSPS) is 22.3. The van der Waals surface area contributed by atoms with Crippen molar-refractivity contribution in [1.82, 2.24) is 10.1 Å². The average Bonchev–Trinajstić information content (AvgIpc) is 2.70. The molecule has 0 aliphatic carbocycles. The van der Waals surface area contributed by atoms with Gasteiger partial charge in [0.25, 0.3) is 0 Å². The van der Waals surface area contributed by atoms with Crippen LogP contribution in [0.4, 0.5) is 6.01 Å². The lowest BCUT2D eigenvalue weighted by Gasteiger charge is -2.10. The fourth-order valence-electron chi connectivity index (χ4n) is 1.55. The number of aromatic nitrogens is 2. The minimum Gasteiger partial charge on any atom is -0.326 e. The van der Waals surface area contributed by atoms with Crippen LogP contribution >= 0.6 is 0 Å². The van der Waals surface area contributed by atoms with Crippen molar-refractivity contribution in [3.8, 4) is 0 Å². The molecule has 0 aromatic carbocycles. The van der Waals surface area contributed by atoms with Gasteiger partial charge in [-0.25, -0.2) is 0 Å². The maximum Gasteiger partial charge on any atom is 0.324 e. The van der Waals surface area contributed by atoms with Crippen LogP contribution in [-0.2, 0) is 0 Å². The van der Waals surface area contributed by atoms with Crippen molar-refractivity contribution in [2.75, 3.05) is 18.0 Å². The fourth-order valence-corrected chi connectivity index (χ4v) is 1.55. The van der Waals surface area contributed by atoms with Gasteiger partial charge in [-0.1, -0.05) is 19.0 Å². The van der Waals surface area contributed by atoms with Crippen LogP contribution in [0, 0.1) is 0 Å². The van der Waals surface area contributed by atoms with Gasteiger partial charge in [0.1, 0.15) is 0 Å². The molecule has 1 aromatic rings. The summed E-state index contributed by atoms with van der Waals surface area (Å²) in [7, 11) is 0. The van der Waals surface area contributed by atoms with E-state index in [4.69, 9.17) is 10.3 Å². The van der Waals surface area contributed by atoms with Gasteiger partial charge in [-0.15, -0.1) is 0 Å². The summed E-state index contributed by atoms with van der Waals surface area (Å²) in [4.78, 5) is 6.36. The molecule has 0 radical (unpaired) electrons. The van der Waals surface area contributed by atoms with E-state index in [-0.39, 0.29) is 6.04 Å². The van der Waals surface area contributed by atoms with Crippen LogP contribution < -0.4 is 10.6 Å². The second kappa shape index (κ2) is 3.57. The summed E-state index contributed by atoms with van der Waals surface area (Å²) in [6, 6.07) is 0.853. The number of nitrogens with two attached hydrogens (primary N) is 1. The van der Waals surface area contributed by atoms with Crippen LogP contribution in [0.1, 0.15) is 32.0 Å². The Morgan fingerprint density at radius 1 is 1.57 bits per heavy atom. The molecule has 0 saturated carbocycles. The molecule has 2 heterocycles. The zero-order chi connectivity index (χ0) is 10.1. The molecule has 2 rings (SSSR count). The molecule has 1 aliphatic heterocycles. The predicted octanol–water partition coefficient (Wildman–Crippen LogP) is 0.730. The van der Waals surface area contributed by atoms with Crippen molar-refractivity contribution in [1.29, 1.82) is 0 Å². The van der Waals surface area contributed by atoms with E-state index in [2.05, 4.69) is 10.1 Å². The van der Waals surface area contributed by atoms with E-state index in [9.17, 15) is 0 Å². The third kappa shape index (κ3) is 1.72. The molecule has 78 valence electrons. The van der Waals surface area contributed by atoms with Crippen molar-refractivity contribution in [3.63, 3.8) is 0 Å². The molecular weight excluding hydrogens is 180 g/mol. The lowest BCUT2D eigenvalue weighted by atomic mass is 10.2. The van der Waals surface area contributed by atoms with E-state index in [0.717, 1.165) is 25.3 Å². The van der Waals surface area contributed by atoms with E-state index in [1.807, 2.05) is 18.7 Å². The first-order chi connectivity index (χ1) is 6.66. The Hall–Kier alpha value is -1.10. The smallest absolute Gasteiger partial charge is 0.324 e. The summed E-state index contributed by atoms with van der Waals surface area (Å²) in [5.41, 5.74) is 5.80. The molecule has 0 spiro atoms. The van der Waals surface area contributed by atoms with Gasteiger partial charge in [0, 0.05) is 25.0 Å². The highest BCUT2D eigenvalue weighted by molar-refractivity contribution is 5.28. The summed E-state index contributed by atoms with van der Waals surface area (Å²) in [6.07, 6.45) is 0.999. The van der Waals surface area contributed by atoms with Crippen molar-refractivity contribution in [2.24, 2.45) is 5.73 Å². The van der Waals surface area contributed by atoms with E-state index in [0.29, 0.717) is 11.9 Å². The lowest BCUT2D eigenvalue weighted by molar-refractivity contribution is 0.407. The zero-order valence-corrected chi connectivity index (χ0v) is 8.60. The SMILES string of the molecule is CC(C)c1noc(N2CCC(N)C2)n1. The van der Waals surface area contributed by atoms with Crippen LogP contribution in [0.5, 0.6) is 0 Å². The Kier molecular flexibility index (Phi) is 2.41. The van der Waals surface area contributed by atoms with Crippen LogP contribution in [0.25, 0.3) is 0 Å². The predicted molar refractivity (Wildman–Crippen MR) is 53.2 cm³/mol. The Labute approximate surface area is 83.3 Å². The Morgan fingerprint density at radius 2 is 2.36 bits per heavy atom. The van der Waals surface area contributed by atoms with Crippen molar-refractivity contribution < 1.29 is 4.52 Å². The molecule has 1 fully saturated rings. The first-order valence-electron chi connectivity index (χ1n) is 5.01. The van der Waals surface area contributed by atoms with Gasteiger partial charge in [0.05, 0.1) is 0 Å². The summed E-state index contributed by atoms with van der Waals surface area (Å²) in [5, 5.41) is 3.92. The molecule has 5 nitrogen and oxygen atoms in total. The highest BCUT2D eigenvalue weighted by Gasteiger charge is 2.24. The molecule has 1 aliphatic rings. The number of anilines is 1. The first kappa shape index (κ1) is 9.45. The van der Waals surface area contributed by atoms with E-state index in [1.165, 1.54) is 0 Å². The quantitative estimate of drug-likeness (QED) is 0.755. The van der Waals surface area contributed by atoms with Crippen LogP contribution in [0.15, 0.2) is 4.52 Å². The first-order valence-corrected chi connectivity index (χ1v) is 5.01. The topological polar surface area (TPSA) is 68.2 Å². The maximum atomic E-state index is 5.80. The van der Waals surface area contributed by atoms with Gasteiger partial charge in [-0.2, -0.15) is 4.98 Å². The second-order valence-electron chi connectivity index (χ2n) is 4.08. The maximum absolute atomic E-state index is 5.80. The van der Waals surface area contributed by atoms with Crippen molar-refractivity contribution in [3.05, 3.63) is 5.82 Å². The third-order valence-corrected chi connectivity index (χ3v) is 2.44. The Balaban J connectivity index is 2.09. The second-order valence-corrected chi connectivity index (χ2v) is 4.08. The Morgan fingerprint density at radius 3 is 2.86 bits per heavy atom. The molecule has 1 atom stereocenters. The largest absolute Gasteiger partial charge is 0.326 e. The van der Waals surface area contributed by atoms with Gasteiger partial charge in [-0.05, 0) is 6.42 Å². The van der Waals surface area contributed by atoms with Crippen LogP contribution in [-0.4, -0.2) is 29.3 Å². The molecule has 0 amide bonds. The molecular formula is C9H16N4O. The molecule has 0 bridgehead atoms. The molecule has 2 N–H and O–H groups in total.